The van der Waals surface area contributed by atoms with Crippen LogP contribution in [0.15, 0.2) is 18.2 Å². The Morgan fingerprint density at radius 3 is 2.62 bits per heavy atom. The first kappa shape index (κ1) is 15.2. The fourth-order valence-corrected chi connectivity index (χ4v) is 2.77. The number of nitro groups is 1. The lowest BCUT2D eigenvalue weighted by atomic mass is 9.97. The Morgan fingerprint density at radius 2 is 2.10 bits per heavy atom. The molecule has 7 nitrogen and oxygen atoms in total. The average molecular weight is 292 g/mol. The summed E-state index contributed by atoms with van der Waals surface area (Å²) >= 11 is 0. The van der Waals surface area contributed by atoms with Gasteiger partial charge in [0, 0.05) is 17.7 Å². The van der Waals surface area contributed by atoms with Gasteiger partial charge in [0.25, 0.3) is 11.6 Å². The number of hydrogen-bond acceptors (Lipinski definition) is 5. The van der Waals surface area contributed by atoms with Crippen molar-refractivity contribution in [1.29, 1.82) is 0 Å². The smallest absolute Gasteiger partial charge is 0.293 e. The maximum Gasteiger partial charge on any atom is 0.293 e. The molecule has 1 aromatic rings. The molecule has 1 amide bonds. The number of rotatable bonds is 4. The third-order valence-corrected chi connectivity index (χ3v) is 4.39. The van der Waals surface area contributed by atoms with E-state index >= 15 is 0 Å². The number of nitrogens with one attached hydrogen (secondary N) is 2. The summed E-state index contributed by atoms with van der Waals surface area (Å²) in [6, 6.07) is 4.27. The number of nitrogens with zero attached hydrogens (tertiary/aromatic N) is 1. The van der Waals surface area contributed by atoms with Crippen molar-refractivity contribution in [2.45, 2.75) is 32.7 Å². The molecule has 1 saturated carbocycles. The number of nitro benzene ring substituents is 1. The minimum Gasteiger partial charge on any atom is -0.349 e. The lowest BCUT2D eigenvalue weighted by Gasteiger charge is -2.19. The summed E-state index contributed by atoms with van der Waals surface area (Å²) in [5, 5.41) is 13.8. The van der Waals surface area contributed by atoms with Crippen molar-refractivity contribution in [1.82, 2.24) is 5.32 Å². The zero-order chi connectivity index (χ0) is 15.6. The summed E-state index contributed by atoms with van der Waals surface area (Å²) in [6.07, 6.45) is 2.06. The van der Waals surface area contributed by atoms with Gasteiger partial charge in [-0.25, -0.2) is 0 Å². The van der Waals surface area contributed by atoms with E-state index in [1.807, 2.05) is 0 Å². The van der Waals surface area contributed by atoms with E-state index in [2.05, 4.69) is 24.6 Å². The number of hydrazine groups is 1. The van der Waals surface area contributed by atoms with Crippen LogP contribution in [0.4, 0.5) is 11.4 Å². The molecule has 114 valence electrons. The molecule has 1 aliphatic rings. The van der Waals surface area contributed by atoms with Crippen LogP contribution in [0.25, 0.3) is 0 Å². The van der Waals surface area contributed by atoms with Crippen molar-refractivity contribution in [2.24, 2.45) is 17.7 Å². The van der Waals surface area contributed by atoms with Gasteiger partial charge < -0.3 is 10.7 Å². The Balaban J connectivity index is 2.14. The SMILES string of the molecule is CC1CCC(NC(=O)c2ccc([N+](=O)[O-])c(NN)c2)C1C. The number of anilines is 1. The minimum absolute atomic E-state index is 0.125. The molecular formula is C14H20N4O3. The average Bonchev–Trinajstić information content (AvgIpc) is 2.78. The first-order chi connectivity index (χ1) is 9.93. The van der Waals surface area contributed by atoms with Gasteiger partial charge in [0.1, 0.15) is 5.69 Å². The van der Waals surface area contributed by atoms with E-state index in [1.165, 1.54) is 18.2 Å². The lowest BCUT2D eigenvalue weighted by molar-refractivity contribution is -0.384. The highest BCUT2D eigenvalue weighted by atomic mass is 16.6. The molecule has 7 heteroatoms. The van der Waals surface area contributed by atoms with Crippen molar-refractivity contribution in [3.63, 3.8) is 0 Å². The van der Waals surface area contributed by atoms with E-state index in [0.29, 0.717) is 17.4 Å². The molecule has 21 heavy (non-hydrogen) atoms. The van der Waals surface area contributed by atoms with Gasteiger partial charge in [-0.15, -0.1) is 0 Å². The highest BCUT2D eigenvalue weighted by Crippen LogP contribution is 2.31. The third-order valence-electron chi connectivity index (χ3n) is 4.39. The zero-order valence-corrected chi connectivity index (χ0v) is 12.1. The van der Waals surface area contributed by atoms with Crippen LogP contribution in [0.2, 0.25) is 0 Å². The Hall–Kier alpha value is -2.15. The van der Waals surface area contributed by atoms with E-state index in [0.717, 1.165) is 12.8 Å². The minimum atomic E-state index is -0.544. The van der Waals surface area contributed by atoms with Crippen LogP contribution in [0.1, 0.15) is 37.0 Å². The molecule has 0 radical (unpaired) electrons. The highest BCUT2D eigenvalue weighted by Gasteiger charge is 2.31. The normalized spacial score (nSPS) is 24.6. The van der Waals surface area contributed by atoms with E-state index in [-0.39, 0.29) is 23.3 Å². The van der Waals surface area contributed by atoms with E-state index in [4.69, 9.17) is 5.84 Å². The highest BCUT2D eigenvalue weighted by molar-refractivity contribution is 5.96. The Bertz CT molecular complexity index is 561. The second-order valence-electron chi connectivity index (χ2n) is 5.63. The molecule has 4 N–H and O–H groups in total. The van der Waals surface area contributed by atoms with Crippen LogP contribution < -0.4 is 16.6 Å². The van der Waals surface area contributed by atoms with Gasteiger partial charge in [-0.3, -0.25) is 20.8 Å². The van der Waals surface area contributed by atoms with Gasteiger partial charge in [0.15, 0.2) is 0 Å². The van der Waals surface area contributed by atoms with Crippen LogP contribution in [-0.4, -0.2) is 16.9 Å². The molecular weight excluding hydrogens is 272 g/mol. The van der Waals surface area contributed by atoms with Gasteiger partial charge in [-0.2, -0.15) is 0 Å². The topological polar surface area (TPSA) is 110 Å². The predicted octanol–water partition coefficient (Wildman–Crippen LogP) is 2.04. The summed E-state index contributed by atoms with van der Waals surface area (Å²) < 4.78 is 0. The van der Waals surface area contributed by atoms with E-state index in [1.54, 1.807) is 0 Å². The summed E-state index contributed by atoms with van der Waals surface area (Å²) in [4.78, 5) is 22.5. The third kappa shape index (κ3) is 3.13. The molecule has 3 atom stereocenters. The maximum atomic E-state index is 12.3. The standard InChI is InChI=1S/C14H20N4O3/c1-8-3-5-11(9(8)2)16-14(19)10-4-6-13(18(20)21)12(7-10)17-15/h4,6-9,11,17H,3,5,15H2,1-2H3,(H,16,19). The van der Waals surface area contributed by atoms with E-state index in [9.17, 15) is 14.9 Å². The fourth-order valence-electron chi connectivity index (χ4n) is 2.77. The van der Waals surface area contributed by atoms with E-state index < -0.39 is 4.92 Å². The van der Waals surface area contributed by atoms with Crippen LogP contribution in [-0.2, 0) is 0 Å². The molecule has 1 aromatic carbocycles. The quantitative estimate of drug-likeness (QED) is 0.447. The van der Waals surface area contributed by atoms with Crippen molar-refractivity contribution >= 4 is 17.3 Å². The molecule has 1 fully saturated rings. The first-order valence-corrected chi connectivity index (χ1v) is 7.00. The van der Waals surface area contributed by atoms with Gasteiger partial charge in [-0.05, 0) is 36.8 Å². The number of carbonyl (C=O) groups is 1. The van der Waals surface area contributed by atoms with Gasteiger partial charge in [0.05, 0.1) is 4.92 Å². The summed E-state index contributed by atoms with van der Waals surface area (Å²) in [5.74, 6) is 6.07. The number of carbonyl (C=O) groups excluding carboxylic acids is 1. The van der Waals surface area contributed by atoms with Gasteiger partial charge in [0.2, 0.25) is 0 Å². The van der Waals surface area contributed by atoms with Gasteiger partial charge >= 0.3 is 0 Å². The number of nitrogens with two attached hydrogens (primary N) is 1. The molecule has 1 aliphatic carbocycles. The van der Waals surface area contributed by atoms with Crippen molar-refractivity contribution in [3.05, 3.63) is 33.9 Å². The maximum absolute atomic E-state index is 12.3. The van der Waals surface area contributed by atoms with Crippen LogP contribution >= 0.6 is 0 Å². The number of benzene rings is 1. The predicted molar refractivity (Wildman–Crippen MR) is 79.7 cm³/mol. The van der Waals surface area contributed by atoms with Gasteiger partial charge in [-0.1, -0.05) is 13.8 Å². The largest absolute Gasteiger partial charge is 0.349 e. The Kier molecular flexibility index (Phi) is 4.42. The van der Waals surface area contributed by atoms with Crippen molar-refractivity contribution in [2.75, 3.05) is 5.43 Å². The number of hydrogen-bond donors (Lipinski definition) is 3. The molecule has 0 spiro atoms. The second kappa shape index (κ2) is 6.09. The molecule has 0 bridgehead atoms. The molecule has 0 aliphatic heterocycles. The summed E-state index contributed by atoms with van der Waals surface area (Å²) in [6.45, 7) is 4.31. The fraction of sp³-hybridized carbons (Fsp3) is 0.500. The second-order valence-corrected chi connectivity index (χ2v) is 5.63. The molecule has 0 saturated heterocycles. The van der Waals surface area contributed by atoms with Crippen molar-refractivity contribution in [3.8, 4) is 0 Å². The number of amides is 1. The molecule has 2 rings (SSSR count). The Labute approximate surface area is 123 Å². The van der Waals surface area contributed by atoms with Crippen LogP contribution in [0.3, 0.4) is 0 Å². The molecule has 0 heterocycles. The lowest BCUT2D eigenvalue weighted by Crippen LogP contribution is -2.37. The zero-order valence-electron chi connectivity index (χ0n) is 12.1. The first-order valence-electron chi connectivity index (χ1n) is 7.00. The monoisotopic (exact) mass is 292 g/mol. The Morgan fingerprint density at radius 1 is 1.38 bits per heavy atom. The molecule has 3 unspecified atom stereocenters. The summed E-state index contributed by atoms with van der Waals surface area (Å²) in [5.41, 5.74) is 2.59. The van der Waals surface area contributed by atoms with Crippen LogP contribution in [0, 0.1) is 22.0 Å². The van der Waals surface area contributed by atoms with Crippen molar-refractivity contribution < 1.29 is 9.72 Å². The van der Waals surface area contributed by atoms with Crippen LogP contribution in [0.5, 0.6) is 0 Å². The number of nitrogen functional groups attached to an aromatic ring is 1. The summed E-state index contributed by atoms with van der Waals surface area (Å²) in [7, 11) is 0. The molecule has 0 aromatic heterocycles.